The van der Waals surface area contributed by atoms with Crippen LogP contribution in [0.3, 0.4) is 0 Å². The van der Waals surface area contributed by atoms with E-state index in [4.69, 9.17) is 24.4 Å². The molecule has 4 heterocycles. The van der Waals surface area contributed by atoms with Crippen LogP contribution in [0.2, 0.25) is 0 Å². The van der Waals surface area contributed by atoms with E-state index in [-0.39, 0.29) is 16.7 Å². The van der Waals surface area contributed by atoms with Gasteiger partial charge in [-0.3, -0.25) is 4.79 Å². The van der Waals surface area contributed by atoms with Crippen molar-refractivity contribution in [2.75, 3.05) is 18.5 Å². The SMILES string of the molecule is CCOc1cc2nc(C34CCC(C)(C3)OC4)cn2cc1NC(=O)c1cccc(C(F)F)n1.O=C(O)C(F)(F)F. The van der Waals surface area contributed by atoms with Crippen molar-refractivity contribution in [2.45, 2.75) is 56.7 Å². The molecule has 0 radical (unpaired) electrons. The van der Waals surface area contributed by atoms with Crippen LogP contribution in [0, 0.1) is 0 Å². The molecule has 2 N–H and O–H groups in total. The number of anilines is 1. The summed E-state index contributed by atoms with van der Waals surface area (Å²) >= 11 is 0. The van der Waals surface area contributed by atoms with Gasteiger partial charge in [-0.05, 0) is 45.2 Å². The first kappa shape index (κ1) is 28.2. The highest BCUT2D eigenvalue weighted by Crippen LogP contribution is 2.53. The molecule has 3 aromatic rings. The van der Waals surface area contributed by atoms with E-state index in [1.54, 1.807) is 12.3 Å². The summed E-state index contributed by atoms with van der Waals surface area (Å²) in [4.78, 5) is 30.2. The Morgan fingerprint density at radius 2 is 1.95 bits per heavy atom. The Kier molecular flexibility index (Phi) is 7.52. The maximum atomic E-state index is 13.0. The monoisotopic (exact) mass is 556 g/mol. The quantitative estimate of drug-likeness (QED) is 0.403. The average molecular weight is 556 g/mol. The summed E-state index contributed by atoms with van der Waals surface area (Å²) in [5, 5.41) is 9.87. The third-order valence-corrected chi connectivity index (χ3v) is 6.66. The first-order valence-corrected chi connectivity index (χ1v) is 11.9. The number of carboxylic acid groups (broad SMARTS) is 1. The Labute approximate surface area is 219 Å². The van der Waals surface area contributed by atoms with Crippen LogP contribution in [0.15, 0.2) is 36.7 Å². The highest BCUT2D eigenvalue weighted by atomic mass is 19.4. The number of fused-ring (bicyclic) bond motifs is 3. The standard InChI is InChI=1S/C23H24F2N4O3.C2HF3O2/c1-3-31-17-9-19-28-18(23-8-7-22(2,12-23)32-13-23)11-29(19)10-16(17)27-21(30)15-6-4-5-14(26-15)20(24)25;3-2(4,5)1(6)7/h4-6,9-11,20H,3,7-8,12-13H2,1-2H3,(H,27,30);(H,6,7). The van der Waals surface area contributed by atoms with Crippen LogP contribution in [-0.4, -0.2) is 56.3 Å². The maximum Gasteiger partial charge on any atom is 0.490 e. The Hall–Kier alpha value is -3.81. The molecule has 39 heavy (non-hydrogen) atoms. The highest BCUT2D eigenvalue weighted by molar-refractivity contribution is 6.03. The first-order chi connectivity index (χ1) is 18.2. The van der Waals surface area contributed by atoms with Crippen LogP contribution in [0.1, 0.15) is 61.4 Å². The van der Waals surface area contributed by atoms with Crippen molar-refractivity contribution < 1.29 is 46.1 Å². The molecule has 2 unspecified atom stereocenters. The number of aromatic nitrogens is 3. The number of pyridine rings is 2. The number of ether oxygens (including phenoxy) is 2. The minimum Gasteiger partial charge on any atom is -0.491 e. The zero-order chi connectivity index (χ0) is 28.6. The molecule has 2 aliphatic rings. The van der Waals surface area contributed by atoms with E-state index in [2.05, 4.69) is 17.2 Å². The van der Waals surface area contributed by atoms with E-state index in [1.165, 1.54) is 18.2 Å². The molecule has 5 rings (SSSR count). The van der Waals surface area contributed by atoms with Gasteiger partial charge in [0.25, 0.3) is 12.3 Å². The number of carboxylic acids is 1. The summed E-state index contributed by atoms with van der Waals surface area (Å²) < 4.78 is 71.2. The van der Waals surface area contributed by atoms with Crippen molar-refractivity contribution in [3.63, 3.8) is 0 Å². The molecular weight excluding hydrogens is 531 g/mol. The summed E-state index contributed by atoms with van der Waals surface area (Å²) in [5.41, 5.74) is 1.38. The fourth-order valence-corrected chi connectivity index (χ4v) is 4.77. The number of halogens is 5. The minimum atomic E-state index is -5.08. The molecule has 2 bridgehead atoms. The number of alkyl halides is 5. The largest absolute Gasteiger partial charge is 0.491 e. The lowest BCUT2D eigenvalue weighted by Gasteiger charge is -2.24. The van der Waals surface area contributed by atoms with Gasteiger partial charge in [0, 0.05) is 23.9 Å². The van der Waals surface area contributed by atoms with Crippen LogP contribution in [-0.2, 0) is 14.9 Å². The molecule has 1 amide bonds. The van der Waals surface area contributed by atoms with Gasteiger partial charge in [0.15, 0.2) is 0 Å². The number of carbonyl (C=O) groups is 2. The predicted octanol–water partition coefficient (Wildman–Crippen LogP) is 5.16. The molecule has 1 saturated heterocycles. The van der Waals surface area contributed by atoms with Gasteiger partial charge >= 0.3 is 12.1 Å². The van der Waals surface area contributed by atoms with E-state index < -0.39 is 30.2 Å². The van der Waals surface area contributed by atoms with Crippen LogP contribution < -0.4 is 10.1 Å². The number of nitrogens with one attached hydrogen (secondary N) is 1. The maximum absolute atomic E-state index is 13.0. The molecule has 14 heteroatoms. The normalized spacial score (nSPS) is 22.1. The van der Waals surface area contributed by atoms with E-state index in [0.29, 0.717) is 30.3 Å². The molecule has 210 valence electrons. The third kappa shape index (κ3) is 5.95. The summed E-state index contributed by atoms with van der Waals surface area (Å²) in [6, 6.07) is 5.74. The smallest absolute Gasteiger partial charge is 0.490 e. The Balaban J connectivity index is 0.000000448. The van der Waals surface area contributed by atoms with E-state index >= 15 is 0 Å². The lowest BCUT2D eigenvalue weighted by atomic mass is 9.84. The van der Waals surface area contributed by atoms with Crippen LogP contribution in [0.25, 0.3) is 5.65 Å². The third-order valence-electron chi connectivity index (χ3n) is 6.66. The van der Waals surface area contributed by atoms with E-state index in [0.717, 1.165) is 25.0 Å². The van der Waals surface area contributed by atoms with Gasteiger partial charge in [-0.1, -0.05) is 6.07 Å². The minimum absolute atomic E-state index is 0.0782. The van der Waals surface area contributed by atoms with Gasteiger partial charge in [-0.2, -0.15) is 13.2 Å². The van der Waals surface area contributed by atoms with Gasteiger partial charge < -0.3 is 24.3 Å². The van der Waals surface area contributed by atoms with Crippen molar-refractivity contribution in [2.24, 2.45) is 0 Å². The number of nitrogens with zero attached hydrogens (tertiary/aromatic N) is 3. The van der Waals surface area contributed by atoms with Gasteiger partial charge in [0.05, 0.1) is 24.5 Å². The number of aliphatic carboxylic acids is 1. The second kappa shape index (κ2) is 10.4. The van der Waals surface area contributed by atoms with Crippen molar-refractivity contribution in [3.8, 4) is 5.75 Å². The highest BCUT2D eigenvalue weighted by Gasteiger charge is 2.55. The number of rotatable bonds is 6. The lowest BCUT2D eigenvalue weighted by Crippen LogP contribution is -2.26. The molecule has 2 atom stereocenters. The van der Waals surface area contributed by atoms with Crippen LogP contribution in [0.4, 0.5) is 27.6 Å². The number of hydrogen-bond donors (Lipinski definition) is 2. The fourth-order valence-electron chi connectivity index (χ4n) is 4.77. The summed E-state index contributed by atoms with van der Waals surface area (Å²) in [6.07, 6.45) is -1.15. The summed E-state index contributed by atoms with van der Waals surface area (Å²) in [7, 11) is 0. The van der Waals surface area contributed by atoms with Gasteiger partial charge in [-0.25, -0.2) is 23.5 Å². The van der Waals surface area contributed by atoms with Crippen LogP contribution in [0.5, 0.6) is 5.75 Å². The number of carbonyl (C=O) groups excluding carboxylic acids is 1. The molecule has 0 spiro atoms. The summed E-state index contributed by atoms with van der Waals surface area (Å²) in [6.45, 7) is 5.04. The second-order valence-electron chi connectivity index (χ2n) is 9.58. The topological polar surface area (TPSA) is 115 Å². The average Bonchev–Trinajstić information content (AvgIpc) is 3.55. The Morgan fingerprint density at radius 3 is 2.49 bits per heavy atom. The zero-order valence-electron chi connectivity index (χ0n) is 20.9. The van der Waals surface area contributed by atoms with E-state index in [9.17, 15) is 26.7 Å². The van der Waals surface area contributed by atoms with Crippen molar-refractivity contribution in [1.82, 2.24) is 14.4 Å². The van der Waals surface area contributed by atoms with Crippen molar-refractivity contribution in [3.05, 3.63) is 53.7 Å². The zero-order valence-corrected chi connectivity index (χ0v) is 20.9. The molecule has 9 nitrogen and oxygen atoms in total. The molecule has 3 aromatic heterocycles. The van der Waals surface area contributed by atoms with Gasteiger partial charge in [0.2, 0.25) is 0 Å². The second-order valence-corrected chi connectivity index (χ2v) is 9.58. The fraction of sp³-hybridized carbons (Fsp3) is 0.440. The van der Waals surface area contributed by atoms with Crippen LogP contribution >= 0.6 is 0 Å². The van der Waals surface area contributed by atoms with Crippen molar-refractivity contribution >= 4 is 23.2 Å². The van der Waals surface area contributed by atoms with Gasteiger partial charge in [0.1, 0.15) is 28.5 Å². The summed E-state index contributed by atoms with van der Waals surface area (Å²) in [5.74, 6) is -2.90. The molecule has 0 aromatic carbocycles. The Bertz CT molecular complexity index is 1380. The molecule has 1 aliphatic heterocycles. The first-order valence-electron chi connectivity index (χ1n) is 11.9. The predicted molar refractivity (Wildman–Crippen MR) is 127 cm³/mol. The van der Waals surface area contributed by atoms with Crippen molar-refractivity contribution in [1.29, 1.82) is 0 Å². The number of imidazole rings is 1. The van der Waals surface area contributed by atoms with Gasteiger partial charge in [-0.15, -0.1) is 0 Å². The molecule has 2 fully saturated rings. The number of hydrogen-bond acceptors (Lipinski definition) is 6. The number of amides is 1. The molecule has 1 aliphatic carbocycles. The Morgan fingerprint density at radius 1 is 1.23 bits per heavy atom. The lowest BCUT2D eigenvalue weighted by molar-refractivity contribution is -0.192. The molecule has 1 saturated carbocycles. The molecular formula is C25H25F5N4O5. The van der Waals surface area contributed by atoms with E-state index in [1.807, 2.05) is 17.5 Å².